The first kappa shape index (κ1) is 19.6. The summed E-state index contributed by atoms with van der Waals surface area (Å²) in [6.07, 6.45) is -0.403. The Morgan fingerprint density at radius 2 is 2.19 bits per heavy atom. The van der Waals surface area contributed by atoms with E-state index in [9.17, 15) is 9.18 Å². The first-order valence-corrected chi connectivity index (χ1v) is 9.11. The number of benzene rings is 2. The second kappa shape index (κ2) is 8.69. The number of nitrogens with one attached hydrogen (secondary N) is 1. The fourth-order valence-electron chi connectivity index (χ4n) is 2.96. The molecule has 27 heavy (non-hydrogen) atoms. The highest BCUT2D eigenvalue weighted by Gasteiger charge is 2.26. The van der Waals surface area contributed by atoms with Gasteiger partial charge in [-0.05, 0) is 42.3 Å². The Kier molecular flexibility index (Phi) is 6.31. The summed E-state index contributed by atoms with van der Waals surface area (Å²) in [6.45, 7) is 3.18. The smallest absolute Gasteiger partial charge is 0.322 e. The summed E-state index contributed by atoms with van der Waals surface area (Å²) in [4.78, 5) is 14.3. The lowest BCUT2D eigenvalue weighted by molar-refractivity contribution is -0.0135. The van der Waals surface area contributed by atoms with E-state index < -0.39 is 5.82 Å². The molecule has 5 nitrogen and oxygen atoms in total. The van der Waals surface area contributed by atoms with E-state index in [4.69, 9.17) is 21.1 Å². The van der Waals surface area contributed by atoms with Gasteiger partial charge < -0.3 is 19.7 Å². The molecule has 0 bridgehead atoms. The fraction of sp³-hybridized carbons (Fsp3) is 0.350. The Balaban J connectivity index is 1.67. The van der Waals surface area contributed by atoms with Crippen molar-refractivity contribution in [1.29, 1.82) is 0 Å². The normalized spacial score (nSPS) is 18.2. The maximum Gasteiger partial charge on any atom is 0.322 e. The van der Waals surface area contributed by atoms with Crippen LogP contribution in [0.25, 0.3) is 0 Å². The molecule has 1 saturated heterocycles. The second-order valence-electron chi connectivity index (χ2n) is 6.41. The molecule has 0 radical (unpaired) electrons. The van der Waals surface area contributed by atoms with Crippen molar-refractivity contribution >= 4 is 23.3 Å². The molecule has 7 heteroatoms. The molecule has 2 atom stereocenters. The lowest BCUT2D eigenvalue weighted by Crippen LogP contribution is -2.44. The number of rotatable bonds is 4. The van der Waals surface area contributed by atoms with Gasteiger partial charge in [0.15, 0.2) is 0 Å². The van der Waals surface area contributed by atoms with Crippen LogP contribution in [0.15, 0.2) is 42.5 Å². The van der Waals surface area contributed by atoms with Gasteiger partial charge in [-0.3, -0.25) is 0 Å². The van der Waals surface area contributed by atoms with Gasteiger partial charge >= 0.3 is 6.03 Å². The monoisotopic (exact) mass is 392 g/mol. The fourth-order valence-corrected chi connectivity index (χ4v) is 3.14. The minimum atomic E-state index is -0.476. The molecule has 0 aliphatic carbocycles. The van der Waals surface area contributed by atoms with E-state index in [0.29, 0.717) is 25.4 Å². The van der Waals surface area contributed by atoms with E-state index in [1.54, 1.807) is 24.1 Å². The minimum absolute atomic E-state index is 0.0433. The van der Waals surface area contributed by atoms with Crippen LogP contribution in [0, 0.1) is 5.82 Å². The lowest BCUT2D eigenvalue weighted by Gasteiger charge is -2.33. The third-order valence-electron chi connectivity index (χ3n) is 4.63. The minimum Gasteiger partial charge on any atom is -0.377 e. The number of carbonyl (C=O) groups excluding carboxylic acids is 1. The maximum atomic E-state index is 13.4. The summed E-state index contributed by atoms with van der Waals surface area (Å²) in [5, 5.41) is 2.96. The van der Waals surface area contributed by atoms with E-state index >= 15 is 0 Å². The predicted octanol–water partition coefficient (Wildman–Crippen LogP) is 4.79. The van der Waals surface area contributed by atoms with Crippen LogP contribution in [0.4, 0.5) is 14.9 Å². The molecule has 0 spiro atoms. The molecule has 3 rings (SSSR count). The zero-order valence-electron chi connectivity index (χ0n) is 15.2. The molecule has 2 aromatic rings. The second-order valence-corrected chi connectivity index (χ2v) is 6.82. The number of urea groups is 1. The first-order valence-electron chi connectivity index (χ1n) is 8.73. The summed E-state index contributed by atoms with van der Waals surface area (Å²) < 4.78 is 24.4. The van der Waals surface area contributed by atoms with Crippen LogP contribution >= 0.6 is 11.6 Å². The van der Waals surface area contributed by atoms with Crippen molar-refractivity contribution in [2.75, 3.05) is 32.1 Å². The van der Waals surface area contributed by atoms with E-state index in [2.05, 4.69) is 5.32 Å². The van der Waals surface area contributed by atoms with Crippen LogP contribution < -0.4 is 5.32 Å². The van der Waals surface area contributed by atoms with Crippen molar-refractivity contribution in [3.63, 3.8) is 0 Å². The largest absolute Gasteiger partial charge is 0.377 e. The van der Waals surface area contributed by atoms with Crippen LogP contribution in [-0.2, 0) is 9.47 Å². The Bertz CT molecular complexity index is 818. The van der Waals surface area contributed by atoms with Crippen molar-refractivity contribution in [1.82, 2.24) is 4.90 Å². The average molecular weight is 393 g/mol. The number of morpholine rings is 1. The highest BCUT2D eigenvalue weighted by molar-refractivity contribution is 6.30. The Morgan fingerprint density at radius 3 is 2.93 bits per heavy atom. The maximum absolute atomic E-state index is 13.4. The molecule has 144 valence electrons. The van der Waals surface area contributed by atoms with Gasteiger partial charge in [0.2, 0.25) is 0 Å². The number of nitrogens with zero attached hydrogens (tertiary/aromatic N) is 1. The van der Waals surface area contributed by atoms with Crippen molar-refractivity contribution in [2.45, 2.75) is 19.1 Å². The standard InChI is InChI=1S/C20H22ClFN2O3/c1-13(26-2)14-4-3-5-16(10-14)23-20(25)24-8-9-27-19(12-24)15-6-7-18(22)17(21)11-15/h3-7,10-11,13,19H,8-9,12H2,1-2H3,(H,23,25). The predicted molar refractivity (Wildman–Crippen MR) is 103 cm³/mol. The molecule has 2 aromatic carbocycles. The molecule has 1 aliphatic heterocycles. The van der Waals surface area contributed by atoms with Gasteiger partial charge in [-0.15, -0.1) is 0 Å². The SMILES string of the molecule is COC(C)c1cccc(NC(=O)N2CCOC(c3ccc(F)c(Cl)c3)C2)c1. The zero-order chi connectivity index (χ0) is 19.4. The van der Waals surface area contributed by atoms with Crippen LogP contribution in [0.1, 0.15) is 30.3 Å². The molecule has 0 aromatic heterocycles. The van der Waals surface area contributed by atoms with E-state index in [-0.39, 0.29) is 23.3 Å². The van der Waals surface area contributed by atoms with Gasteiger partial charge in [-0.2, -0.15) is 0 Å². The number of amides is 2. The third kappa shape index (κ3) is 4.77. The van der Waals surface area contributed by atoms with Crippen LogP contribution in [0.3, 0.4) is 0 Å². The number of hydrogen-bond donors (Lipinski definition) is 1. The van der Waals surface area contributed by atoms with E-state index in [0.717, 1.165) is 11.1 Å². The Morgan fingerprint density at radius 1 is 1.37 bits per heavy atom. The molecular weight excluding hydrogens is 371 g/mol. The third-order valence-corrected chi connectivity index (χ3v) is 4.92. The van der Waals surface area contributed by atoms with Crippen LogP contribution in [0.2, 0.25) is 5.02 Å². The number of anilines is 1. The Hall–Kier alpha value is -2.15. The van der Waals surface area contributed by atoms with Crippen LogP contribution in [0.5, 0.6) is 0 Å². The van der Waals surface area contributed by atoms with Gasteiger partial charge in [-0.25, -0.2) is 9.18 Å². The molecule has 0 saturated carbocycles. The number of methoxy groups -OCH3 is 1. The highest BCUT2D eigenvalue weighted by atomic mass is 35.5. The topological polar surface area (TPSA) is 50.8 Å². The molecule has 1 heterocycles. The van der Waals surface area contributed by atoms with Gasteiger partial charge in [-0.1, -0.05) is 29.8 Å². The van der Waals surface area contributed by atoms with Gasteiger partial charge in [0.05, 0.1) is 24.3 Å². The van der Waals surface area contributed by atoms with Crippen molar-refractivity contribution in [2.24, 2.45) is 0 Å². The summed E-state index contributed by atoms with van der Waals surface area (Å²) in [6, 6.07) is 11.8. The lowest BCUT2D eigenvalue weighted by atomic mass is 10.1. The average Bonchev–Trinajstić information content (AvgIpc) is 2.69. The summed E-state index contributed by atoms with van der Waals surface area (Å²) in [5.74, 6) is -0.476. The quantitative estimate of drug-likeness (QED) is 0.813. The summed E-state index contributed by atoms with van der Waals surface area (Å²) >= 11 is 5.86. The van der Waals surface area contributed by atoms with Crippen molar-refractivity contribution < 1.29 is 18.7 Å². The number of hydrogen-bond acceptors (Lipinski definition) is 3. The molecule has 2 unspecified atom stereocenters. The highest BCUT2D eigenvalue weighted by Crippen LogP contribution is 2.27. The molecule has 2 amide bonds. The number of ether oxygens (including phenoxy) is 2. The molecular formula is C20H22ClFN2O3. The molecule has 1 N–H and O–H groups in total. The summed E-state index contributed by atoms with van der Waals surface area (Å²) in [5.41, 5.74) is 2.43. The summed E-state index contributed by atoms with van der Waals surface area (Å²) in [7, 11) is 1.64. The van der Waals surface area contributed by atoms with Crippen molar-refractivity contribution in [3.8, 4) is 0 Å². The molecule has 1 fully saturated rings. The number of halogens is 2. The van der Waals surface area contributed by atoms with Gasteiger partial charge in [0, 0.05) is 19.3 Å². The first-order chi connectivity index (χ1) is 13.0. The van der Waals surface area contributed by atoms with E-state index in [1.807, 2.05) is 31.2 Å². The van der Waals surface area contributed by atoms with E-state index in [1.165, 1.54) is 6.07 Å². The van der Waals surface area contributed by atoms with Crippen LogP contribution in [-0.4, -0.2) is 37.7 Å². The zero-order valence-corrected chi connectivity index (χ0v) is 16.0. The van der Waals surface area contributed by atoms with Gasteiger partial charge in [0.1, 0.15) is 11.9 Å². The Labute approximate surface area is 163 Å². The molecule has 1 aliphatic rings. The number of carbonyl (C=O) groups is 1. The van der Waals surface area contributed by atoms with Crippen molar-refractivity contribution in [3.05, 3.63) is 64.4 Å². The van der Waals surface area contributed by atoms with Gasteiger partial charge in [0.25, 0.3) is 0 Å².